The lowest BCUT2D eigenvalue weighted by Gasteiger charge is -2.21. The number of carbonyl (C=O) groups is 1. The fourth-order valence-electron chi connectivity index (χ4n) is 1.37. The zero-order chi connectivity index (χ0) is 14.0. The van der Waals surface area contributed by atoms with Crippen molar-refractivity contribution < 1.29 is 9.90 Å². The predicted molar refractivity (Wildman–Crippen MR) is 76.4 cm³/mol. The Kier molecular flexibility index (Phi) is 5.41. The molecule has 0 saturated heterocycles. The van der Waals surface area contributed by atoms with E-state index in [2.05, 4.69) is 5.32 Å². The highest BCUT2D eigenvalue weighted by molar-refractivity contribution is 6.50. The number of carboxylic acids is 1. The fourth-order valence-corrected chi connectivity index (χ4v) is 2.29. The third-order valence-electron chi connectivity index (χ3n) is 2.34. The number of rotatable bonds is 4. The van der Waals surface area contributed by atoms with Gasteiger partial charge in [0.25, 0.3) is 0 Å². The van der Waals surface area contributed by atoms with Gasteiger partial charge in [0.1, 0.15) is 6.04 Å². The zero-order valence-corrected chi connectivity index (χ0v) is 12.6. The number of benzene rings is 1. The van der Waals surface area contributed by atoms with Crippen molar-refractivity contribution in [1.29, 1.82) is 0 Å². The fraction of sp³-hybridized carbons (Fsp3) is 0.364. The minimum Gasteiger partial charge on any atom is -0.480 e. The maximum absolute atomic E-state index is 11.1. The first-order chi connectivity index (χ1) is 8.25. The number of hydrogen-bond donors (Lipinski definition) is 2. The van der Waals surface area contributed by atoms with Crippen LogP contribution in [-0.4, -0.2) is 17.1 Å². The van der Waals surface area contributed by atoms with Gasteiger partial charge in [0, 0.05) is 0 Å². The second-order valence-electron chi connectivity index (χ2n) is 4.05. The Morgan fingerprint density at radius 1 is 1.17 bits per heavy atom. The lowest BCUT2D eigenvalue weighted by atomic mass is 10.0. The largest absolute Gasteiger partial charge is 0.480 e. The lowest BCUT2D eigenvalue weighted by molar-refractivity contribution is -0.138. The Morgan fingerprint density at radius 2 is 1.61 bits per heavy atom. The van der Waals surface area contributed by atoms with Gasteiger partial charge in [-0.1, -0.05) is 60.3 Å². The number of halogens is 4. The minimum atomic E-state index is -1.01. The number of anilines is 1. The first-order valence-corrected chi connectivity index (χ1v) is 6.59. The van der Waals surface area contributed by atoms with Crippen LogP contribution in [0.3, 0.4) is 0 Å². The summed E-state index contributed by atoms with van der Waals surface area (Å²) in [5.41, 5.74) is 0.233. The Balaban J connectivity index is 3.21. The summed E-state index contributed by atoms with van der Waals surface area (Å²) in [6, 6.07) is 0.568. The first-order valence-electron chi connectivity index (χ1n) is 5.08. The Morgan fingerprint density at radius 3 is 1.94 bits per heavy atom. The third-order valence-corrected chi connectivity index (χ3v) is 3.92. The van der Waals surface area contributed by atoms with Crippen molar-refractivity contribution in [3.8, 4) is 0 Å². The average Bonchev–Trinajstić information content (AvgIpc) is 2.25. The van der Waals surface area contributed by atoms with Crippen LogP contribution in [0.4, 0.5) is 5.69 Å². The van der Waals surface area contributed by atoms with Crippen LogP contribution in [0.5, 0.6) is 0 Å². The maximum Gasteiger partial charge on any atom is 0.326 e. The molecule has 0 amide bonds. The minimum absolute atomic E-state index is 0.151. The molecule has 1 aromatic rings. The normalized spacial score (nSPS) is 12.6. The summed E-state index contributed by atoms with van der Waals surface area (Å²) in [6.07, 6.45) is 0. The first kappa shape index (κ1) is 15.7. The molecule has 1 aromatic carbocycles. The van der Waals surface area contributed by atoms with E-state index in [0.29, 0.717) is 0 Å². The quantitative estimate of drug-likeness (QED) is 0.778. The highest BCUT2D eigenvalue weighted by Gasteiger charge is 2.24. The van der Waals surface area contributed by atoms with Crippen LogP contribution in [0.15, 0.2) is 6.07 Å². The van der Waals surface area contributed by atoms with Crippen LogP contribution < -0.4 is 5.32 Å². The molecule has 1 rings (SSSR count). The molecule has 0 unspecified atom stereocenters. The van der Waals surface area contributed by atoms with Gasteiger partial charge in [-0.05, 0) is 12.0 Å². The predicted octanol–water partition coefficient (Wildman–Crippen LogP) is 4.82. The van der Waals surface area contributed by atoms with Crippen LogP contribution in [0.2, 0.25) is 20.1 Å². The Hall–Kier alpha value is -0.350. The van der Waals surface area contributed by atoms with Gasteiger partial charge in [0.05, 0.1) is 25.8 Å². The number of aliphatic carboxylic acids is 1. The average molecular weight is 331 g/mol. The Labute approximate surface area is 125 Å². The van der Waals surface area contributed by atoms with E-state index in [4.69, 9.17) is 51.5 Å². The summed E-state index contributed by atoms with van der Waals surface area (Å²) in [4.78, 5) is 11.1. The van der Waals surface area contributed by atoms with Gasteiger partial charge in [-0.15, -0.1) is 0 Å². The molecular formula is C11H11Cl4NO2. The summed E-state index contributed by atoms with van der Waals surface area (Å²) in [5.74, 6) is -1.17. The molecule has 0 heterocycles. The van der Waals surface area contributed by atoms with Crippen molar-refractivity contribution >= 4 is 58.1 Å². The number of nitrogens with one attached hydrogen (secondary N) is 1. The van der Waals surface area contributed by atoms with Crippen molar-refractivity contribution in [3.05, 3.63) is 26.2 Å². The molecule has 0 aromatic heterocycles. The molecular weight excluding hydrogens is 320 g/mol. The van der Waals surface area contributed by atoms with E-state index in [1.165, 1.54) is 6.07 Å². The molecule has 1 atom stereocenters. The van der Waals surface area contributed by atoms with E-state index in [1.54, 1.807) is 13.8 Å². The number of hydrogen-bond acceptors (Lipinski definition) is 2. The molecule has 0 spiro atoms. The summed E-state index contributed by atoms with van der Waals surface area (Å²) in [6.45, 7) is 3.53. The molecule has 0 radical (unpaired) electrons. The van der Waals surface area contributed by atoms with Gasteiger partial charge < -0.3 is 10.4 Å². The number of carboxylic acid groups (broad SMARTS) is 1. The van der Waals surface area contributed by atoms with Gasteiger partial charge in [0.15, 0.2) is 0 Å². The van der Waals surface area contributed by atoms with Gasteiger partial charge in [-0.3, -0.25) is 0 Å². The zero-order valence-electron chi connectivity index (χ0n) is 9.60. The third kappa shape index (κ3) is 3.35. The molecule has 3 nitrogen and oxygen atoms in total. The van der Waals surface area contributed by atoms with Crippen LogP contribution in [-0.2, 0) is 4.79 Å². The summed E-state index contributed by atoms with van der Waals surface area (Å²) in [7, 11) is 0. The summed E-state index contributed by atoms with van der Waals surface area (Å²) in [5, 5.41) is 12.6. The smallest absolute Gasteiger partial charge is 0.326 e. The molecule has 0 aliphatic carbocycles. The molecule has 0 aliphatic rings. The van der Waals surface area contributed by atoms with Crippen molar-refractivity contribution in [2.45, 2.75) is 19.9 Å². The molecule has 100 valence electrons. The standard InChI is InChI=1S/C11H11Cl4NO2/c1-4(2)9(11(17)18)16-10-7(14)5(12)3-6(13)8(10)15/h3-4,9,16H,1-2H3,(H,17,18)/t9-/m0/s1. The van der Waals surface area contributed by atoms with Crippen molar-refractivity contribution in [2.75, 3.05) is 5.32 Å². The topological polar surface area (TPSA) is 49.3 Å². The van der Waals surface area contributed by atoms with Gasteiger partial charge >= 0.3 is 5.97 Å². The van der Waals surface area contributed by atoms with Crippen LogP contribution in [0.25, 0.3) is 0 Å². The lowest BCUT2D eigenvalue weighted by Crippen LogP contribution is -2.34. The molecule has 0 fully saturated rings. The monoisotopic (exact) mass is 329 g/mol. The molecule has 0 bridgehead atoms. The van der Waals surface area contributed by atoms with Crippen LogP contribution in [0.1, 0.15) is 13.8 Å². The van der Waals surface area contributed by atoms with Gasteiger partial charge in [0.2, 0.25) is 0 Å². The van der Waals surface area contributed by atoms with E-state index < -0.39 is 12.0 Å². The van der Waals surface area contributed by atoms with E-state index in [-0.39, 0.29) is 31.7 Å². The second kappa shape index (κ2) is 6.20. The van der Waals surface area contributed by atoms with Crippen LogP contribution >= 0.6 is 46.4 Å². The summed E-state index contributed by atoms with van der Waals surface area (Å²) >= 11 is 23.7. The van der Waals surface area contributed by atoms with Crippen molar-refractivity contribution in [2.24, 2.45) is 5.92 Å². The van der Waals surface area contributed by atoms with Crippen molar-refractivity contribution in [3.63, 3.8) is 0 Å². The van der Waals surface area contributed by atoms with Gasteiger partial charge in [-0.25, -0.2) is 4.79 Å². The summed E-state index contributed by atoms with van der Waals surface area (Å²) < 4.78 is 0. The molecule has 0 saturated carbocycles. The van der Waals surface area contributed by atoms with Crippen molar-refractivity contribution in [1.82, 2.24) is 0 Å². The SMILES string of the molecule is CC(C)[C@H](Nc1c(Cl)c(Cl)cc(Cl)c1Cl)C(=O)O. The van der Waals surface area contributed by atoms with E-state index >= 15 is 0 Å². The van der Waals surface area contributed by atoms with E-state index in [1.807, 2.05) is 0 Å². The highest BCUT2D eigenvalue weighted by atomic mass is 35.5. The van der Waals surface area contributed by atoms with Crippen LogP contribution in [0, 0.1) is 5.92 Å². The van der Waals surface area contributed by atoms with Gasteiger partial charge in [-0.2, -0.15) is 0 Å². The molecule has 0 aliphatic heterocycles. The molecule has 2 N–H and O–H groups in total. The molecule has 7 heteroatoms. The van der Waals surface area contributed by atoms with E-state index in [9.17, 15) is 4.79 Å². The molecule has 18 heavy (non-hydrogen) atoms. The van der Waals surface area contributed by atoms with E-state index in [0.717, 1.165) is 0 Å². The maximum atomic E-state index is 11.1. The highest BCUT2D eigenvalue weighted by Crippen LogP contribution is 2.41. The Bertz CT molecular complexity index is 450. The second-order valence-corrected chi connectivity index (χ2v) is 5.62.